The first-order valence-electron chi connectivity index (χ1n) is 7.74. The van der Waals surface area contributed by atoms with E-state index in [9.17, 15) is 13.2 Å². The first kappa shape index (κ1) is 18.5. The lowest BCUT2D eigenvalue weighted by Gasteiger charge is -2.22. The lowest BCUT2D eigenvalue weighted by Crippen LogP contribution is -2.36. The van der Waals surface area contributed by atoms with Crippen LogP contribution in [-0.4, -0.2) is 38.7 Å². The highest BCUT2D eigenvalue weighted by molar-refractivity contribution is 7.90. The minimum Gasteiger partial charge on any atom is -0.325 e. The molecule has 0 bridgehead atoms. The van der Waals surface area contributed by atoms with Gasteiger partial charge in [-0.05, 0) is 37.1 Å². The van der Waals surface area contributed by atoms with Gasteiger partial charge in [-0.3, -0.25) is 0 Å². The molecule has 5 nitrogen and oxygen atoms in total. The highest BCUT2D eigenvalue weighted by atomic mass is 32.2. The Bertz CT molecular complexity index is 560. The Morgan fingerprint density at radius 1 is 1.05 bits per heavy atom. The number of nitrogens with zero attached hydrogens (tertiary/aromatic N) is 1. The zero-order valence-electron chi connectivity index (χ0n) is 13.6. The van der Waals surface area contributed by atoms with Gasteiger partial charge in [0.25, 0.3) is 0 Å². The van der Waals surface area contributed by atoms with Crippen LogP contribution in [0.15, 0.2) is 29.2 Å². The summed E-state index contributed by atoms with van der Waals surface area (Å²) in [5.41, 5.74) is 0.607. The molecule has 1 rings (SSSR count). The normalized spacial score (nSPS) is 11.2. The largest absolute Gasteiger partial charge is 0.325 e. The van der Waals surface area contributed by atoms with Gasteiger partial charge in [-0.1, -0.05) is 26.7 Å². The molecule has 0 atom stereocenters. The lowest BCUT2D eigenvalue weighted by atomic mass is 10.2. The summed E-state index contributed by atoms with van der Waals surface area (Å²) in [6, 6.07) is 6.12. The summed E-state index contributed by atoms with van der Waals surface area (Å²) < 4.78 is 22.8. The van der Waals surface area contributed by atoms with E-state index in [1.165, 1.54) is 12.1 Å². The molecule has 0 heterocycles. The van der Waals surface area contributed by atoms with Crippen molar-refractivity contribution >= 4 is 21.6 Å². The van der Waals surface area contributed by atoms with Gasteiger partial charge < -0.3 is 10.2 Å². The van der Waals surface area contributed by atoms with Crippen LogP contribution < -0.4 is 5.32 Å². The summed E-state index contributed by atoms with van der Waals surface area (Å²) in [7, 11) is -3.21. The molecule has 0 fully saturated rings. The molecular formula is C16H26N2O3S. The van der Waals surface area contributed by atoms with Gasteiger partial charge in [0.05, 0.1) is 4.90 Å². The Labute approximate surface area is 133 Å². The second-order valence-electron chi connectivity index (χ2n) is 5.42. The zero-order valence-corrected chi connectivity index (χ0v) is 14.4. The van der Waals surface area contributed by atoms with E-state index in [1.54, 1.807) is 12.1 Å². The van der Waals surface area contributed by atoms with E-state index < -0.39 is 9.84 Å². The minimum absolute atomic E-state index is 0.131. The number of unbranched alkanes of at least 4 members (excludes halogenated alkanes) is 2. The van der Waals surface area contributed by atoms with Gasteiger partial charge in [0.2, 0.25) is 0 Å². The predicted molar refractivity (Wildman–Crippen MR) is 90.0 cm³/mol. The molecule has 1 aromatic rings. The second-order valence-corrected chi connectivity index (χ2v) is 7.44. The molecule has 0 unspecified atom stereocenters. The summed E-state index contributed by atoms with van der Waals surface area (Å²) >= 11 is 0. The van der Waals surface area contributed by atoms with Crippen LogP contribution in [0.25, 0.3) is 0 Å². The zero-order chi connectivity index (χ0) is 16.6. The number of anilines is 1. The number of rotatable bonds is 8. The Balaban J connectivity index is 2.71. The molecule has 0 aliphatic heterocycles. The first-order chi connectivity index (χ1) is 10.4. The second kappa shape index (κ2) is 8.78. The molecule has 0 aliphatic rings. The average Bonchev–Trinajstić information content (AvgIpc) is 2.47. The number of hydrogen-bond donors (Lipinski definition) is 1. The lowest BCUT2D eigenvalue weighted by molar-refractivity contribution is 0.210. The third kappa shape index (κ3) is 6.05. The standard InChI is InChI=1S/C16H26N2O3S/c1-4-6-12-18(13-7-5-2)16(19)17-14-8-10-15(11-9-14)22(3,20)21/h8-11H,4-7,12-13H2,1-3H3,(H,17,19). The van der Waals surface area contributed by atoms with Crippen LogP contribution in [0.1, 0.15) is 39.5 Å². The number of amides is 2. The quantitative estimate of drug-likeness (QED) is 0.795. The number of carbonyl (C=O) groups is 1. The molecule has 0 saturated heterocycles. The van der Waals surface area contributed by atoms with Gasteiger partial charge in [0.15, 0.2) is 9.84 Å². The van der Waals surface area contributed by atoms with Crippen LogP contribution in [0.3, 0.4) is 0 Å². The van der Waals surface area contributed by atoms with E-state index in [0.717, 1.165) is 45.0 Å². The van der Waals surface area contributed by atoms with Crippen molar-refractivity contribution in [1.82, 2.24) is 4.90 Å². The van der Waals surface area contributed by atoms with Crippen molar-refractivity contribution in [3.05, 3.63) is 24.3 Å². The Kier molecular flexibility index (Phi) is 7.38. The van der Waals surface area contributed by atoms with Gasteiger partial charge in [-0.25, -0.2) is 13.2 Å². The van der Waals surface area contributed by atoms with Crippen molar-refractivity contribution in [2.24, 2.45) is 0 Å². The molecule has 1 aromatic carbocycles. The van der Waals surface area contributed by atoms with Crippen molar-refractivity contribution in [1.29, 1.82) is 0 Å². The predicted octanol–water partition coefficient (Wildman–Crippen LogP) is 3.52. The first-order valence-corrected chi connectivity index (χ1v) is 9.63. The maximum Gasteiger partial charge on any atom is 0.321 e. The monoisotopic (exact) mass is 326 g/mol. The molecule has 124 valence electrons. The summed E-state index contributed by atoms with van der Waals surface area (Å²) in [6.07, 6.45) is 5.20. The highest BCUT2D eigenvalue weighted by Crippen LogP contribution is 2.14. The molecule has 0 radical (unpaired) electrons. The fourth-order valence-electron chi connectivity index (χ4n) is 2.00. The van der Waals surface area contributed by atoms with Gasteiger partial charge in [-0.2, -0.15) is 0 Å². The number of nitrogens with one attached hydrogen (secondary N) is 1. The number of urea groups is 1. The molecule has 22 heavy (non-hydrogen) atoms. The molecule has 0 aliphatic carbocycles. The summed E-state index contributed by atoms with van der Waals surface area (Å²) in [5.74, 6) is 0. The van der Waals surface area contributed by atoms with E-state index in [2.05, 4.69) is 19.2 Å². The van der Waals surface area contributed by atoms with Crippen LogP contribution in [-0.2, 0) is 9.84 Å². The Morgan fingerprint density at radius 3 is 1.95 bits per heavy atom. The molecular weight excluding hydrogens is 300 g/mol. The average molecular weight is 326 g/mol. The van der Waals surface area contributed by atoms with Crippen molar-refractivity contribution < 1.29 is 13.2 Å². The molecule has 6 heteroatoms. The number of hydrogen-bond acceptors (Lipinski definition) is 3. The van der Waals surface area contributed by atoms with E-state index in [0.29, 0.717) is 5.69 Å². The van der Waals surface area contributed by atoms with Crippen molar-refractivity contribution in [2.75, 3.05) is 24.7 Å². The molecule has 0 aromatic heterocycles. The van der Waals surface area contributed by atoms with E-state index in [-0.39, 0.29) is 10.9 Å². The smallest absolute Gasteiger partial charge is 0.321 e. The van der Waals surface area contributed by atoms with Gasteiger partial charge in [0, 0.05) is 25.0 Å². The van der Waals surface area contributed by atoms with E-state index >= 15 is 0 Å². The maximum absolute atomic E-state index is 12.3. The van der Waals surface area contributed by atoms with Crippen LogP contribution >= 0.6 is 0 Å². The van der Waals surface area contributed by atoms with Crippen LogP contribution in [0, 0.1) is 0 Å². The van der Waals surface area contributed by atoms with Crippen molar-refractivity contribution in [3.8, 4) is 0 Å². The minimum atomic E-state index is -3.21. The summed E-state index contributed by atoms with van der Waals surface area (Å²) in [4.78, 5) is 14.4. The SMILES string of the molecule is CCCCN(CCCC)C(=O)Nc1ccc(S(C)(=O)=O)cc1. The Hall–Kier alpha value is -1.56. The Morgan fingerprint density at radius 2 is 1.55 bits per heavy atom. The third-order valence-electron chi connectivity index (χ3n) is 3.38. The third-order valence-corrected chi connectivity index (χ3v) is 4.51. The fourth-order valence-corrected chi connectivity index (χ4v) is 2.63. The molecule has 2 amide bonds. The van der Waals surface area contributed by atoms with E-state index in [1.807, 2.05) is 4.90 Å². The van der Waals surface area contributed by atoms with Gasteiger partial charge >= 0.3 is 6.03 Å². The van der Waals surface area contributed by atoms with Gasteiger partial charge in [0.1, 0.15) is 0 Å². The van der Waals surface area contributed by atoms with Crippen LogP contribution in [0.4, 0.5) is 10.5 Å². The van der Waals surface area contributed by atoms with Crippen LogP contribution in [0.2, 0.25) is 0 Å². The molecule has 0 spiro atoms. The molecule has 0 saturated carbocycles. The van der Waals surface area contributed by atoms with Gasteiger partial charge in [-0.15, -0.1) is 0 Å². The summed E-state index contributed by atoms with van der Waals surface area (Å²) in [6.45, 7) is 5.67. The maximum atomic E-state index is 12.3. The molecule has 1 N–H and O–H groups in total. The number of sulfone groups is 1. The number of carbonyl (C=O) groups excluding carboxylic acids is 1. The van der Waals surface area contributed by atoms with Crippen molar-refractivity contribution in [2.45, 2.75) is 44.4 Å². The van der Waals surface area contributed by atoms with E-state index in [4.69, 9.17) is 0 Å². The highest BCUT2D eigenvalue weighted by Gasteiger charge is 2.13. The fraction of sp³-hybridized carbons (Fsp3) is 0.562. The topological polar surface area (TPSA) is 66.5 Å². The summed E-state index contributed by atoms with van der Waals surface area (Å²) in [5, 5.41) is 2.83. The van der Waals surface area contributed by atoms with Crippen molar-refractivity contribution in [3.63, 3.8) is 0 Å². The number of benzene rings is 1. The van der Waals surface area contributed by atoms with Crippen LogP contribution in [0.5, 0.6) is 0 Å².